The van der Waals surface area contributed by atoms with Crippen molar-refractivity contribution in [2.24, 2.45) is 5.92 Å². The van der Waals surface area contributed by atoms with Crippen LogP contribution in [0.4, 0.5) is 0 Å². The van der Waals surface area contributed by atoms with E-state index in [1.54, 1.807) is 19.1 Å². The Hall–Kier alpha value is -2.06. The molecule has 29 heavy (non-hydrogen) atoms. The fourth-order valence-corrected chi connectivity index (χ4v) is 4.45. The van der Waals surface area contributed by atoms with Crippen LogP contribution < -0.4 is 10.0 Å². The predicted molar refractivity (Wildman–Crippen MR) is 112 cm³/mol. The molecule has 156 valence electrons. The average molecular weight is 417 g/mol. The van der Waals surface area contributed by atoms with Crippen LogP contribution in [0.5, 0.6) is 0 Å². The first kappa shape index (κ1) is 21.6. The zero-order valence-electron chi connectivity index (χ0n) is 16.7. The SMILES string of the molecule is Cc1ccc(S(=O)NCC(O)CC(C)C(=O)NC2c3ccccc3CC2O)cc1. The van der Waals surface area contributed by atoms with E-state index in [1.165, 1.54) is 0 Å². The fraction of sp³-hybridized carbons (Fsp3) is 0.409. The van der Waals surface area contributed by atoms with Crippen molar-refractivity contribution < 1.29 is 19.2 Å². The second kappa shape index (κ2) is 9.63. The first-order valence-electron chi connectivity index (χ1n) is 9.81. The summed E-state index contributed by atoms with van der Waals surface area (Å²) in [7, 11) is -1.41. The second-order valence-corrected chi connectivity index (χ2v) is 8.97. The zero-order chi connectivity index (χ0) is 21.0. The summed E-state index contributed by atoms with van der Waals surface area (Å²) in [6.07, 6.45) is -0.709. The normalized spacial score (nSPS) is 21.2. The highest BCUT2D eigenvalue weighted by Crippen LogP contribution is 2.31. The van der Waals surface area contributed by atoms with Crippen molar-refractivity contribution in [2.75, 3.05) is 6.54 Å². The molecule has 4 N–H and O–H groups in total. The fourth-order valence-electron chi connectivity index (χ4n) is 3.56. The van der Waals surface area contributed by atoms with Crippen molar-refractivity contribution in [1.82, 2.24) is 10.0 Å². The largest absolute Gasteiger partial charge is 0.392 e. The summed E-state index contributed by atoms with van der Waals surface area (Å²) in [4.78, 5) is 13.2. The van der Waals surface area contributed by atoms with Gasteiger partial charge in [0.2, 0.25) is 5.91 Å². The number of aliphatic hydroxyl groups excluding tert-OH is 2. The number of aliphatic hydroxyl groups is 2. The van der Waals surface area contributed by atoms with E-state index in [0.29, 0.717) is 11.3 Å². The molecule has 3 rings (SSSR count). The maximum absolute atomic E-state index is 12.6. The number of carbonyl (C=O) groups is 1. The molecule has 0 aliphatic heterocycles. The van der Waals surface area contributed by atoms with Gasteiger partial charge in [0.05, 0.1) is 23.1 Å². The van der Waals surface area contributed by atoms with Crippen LogP contribution in [0.2, 0.25) is 0 Å². The van der Waals surface area contributed by atoms with E-state index in [-0.39, 0.29) is 18.9 Å². The Kier molecular flexibility index (Phi) is 7.18. The molecular weight excluding hydrogens is 388 g/mol. The average Bonchev–Trinajstić information content (AvgIpc) is 3.02. The Labute approximate surface area is 173 Å². The zero-order valence-corrected chi connectivity index (χ0v) is 17.5. The van der Waals surface area contributed by atoms with E-state index in [1.807, 2.05) is 43.3 Å². The van der Waals surface area contributed by atoms with Gasteiger partial charge in [-0.15, -0.1) is 0 Å². The monoisotopic (exact) mass is 416 g/mol. The van der Waals surface area contributed by atoms with Gasteiger partial charge in [-0.25, -0.2) is 8.93 Å². The molecule has 0 heterocycles. The lowest BCUT2D eigenvalue weighted by Gasteiger charge is -2.22. The summed E-state index contributed by atoms with van der Waals surface area (Å²) in [5.74, 6) is -0.663. The molecule has 0 spiro atoms. The number of rotatable bonds is 8. The van der Waals surface area contributed by atoms with E-state index in [0.717, 1.165) is 16.7 Å². The van der Waals surface area contributed by atoms with E-state index >= 15 is 0 Å². The molecule has 5 atom stereocenters. The highest BCUT2D eigenvalue weighted by Gasteiger charge is 2.33. The minimum atomic E-state index is -1.41. The molecule has 0 fully saturated rings. The quantitative estimate of drug-likeness (QED) is 0.527. The number of carbonyl (C=O) groups excluding carboxylic acids is 1. The van der Waals surface area contributed by atoms with Crippen molar-refractivity contribution >= 4 is 16.9 Å². The topological polar surface area (TPSA) is 98.7 Å². The molecule has 1 aliphatic carbocycles. The Morgan fingerprint density at radius 1 is 1.21 bits per heavy atom. The highest BCUT2D eigenvalue weighted by atomic mass is 32.2. The van der Waals surface area contributed by atoms with Crippen LogP contribution in [0.3, 0.4) is 0 Å². The van der Waals surface area contributed by atoms with Crippen molar-refractivity contribution in [3.63, 3.8) is 0 Å². The molecule has 2 aromatic carbocycles. The summed E-state index contributed by atoms with van der Waals surface area (Å²) in [6, 6.07) is 14.6. The molecule has 1 amide bonds. The minimum absolute atomic E-state index is 0.118. The maximum Gasteiger partial charge on any atom is 0.223 e. The lowest BCUT2D eigenvalue weighted by molar-refractivity contribution is -0.127. The van der Waals surface area contributed by atoms with Gasteiger partial charge in [-0.05, 0) is 36.6 Å². The number of benzene rings is 2. The summed E-state index contributed by atoms with van der Waals surface area (Å²) in [6.45, 7) is 3.81. The van der Waals surface area contributed by atoms with Gasteiger partial charge in [-0.3, -0.25) is 4.79 Å². The van der Waals surface area contributed by atoms with Gasteiger partial charge in [-0.2, -0.15) is 0 Å². The number of fused-ring (bicyclic) bond motifs is 1. The lowest BCUT2D eigenvalue weighted by Crippen LogP contribution is -2.39. The molecule has 6 nitrogen and oxygen atoms in total. The molecule has 7 heteroatoms. The van der Waals surface area contributed by atoms with Crippen LogP contribution in [0.1, 0.15) is 36.1 Å². The van der Waals surface area contributed by atoms with Gasteiger partial charge in [0.15, 0.2) is 0 Å². The molecule has 0 saturated carbocycles. The molecule has 5 unspecified atom stereocenters. The van der Waals surface area contributed by atoms with E-state index in [2.05, 4.69) is 10.0 Å². The van der Waals surface area contributed by atoms with Crippen molar-refractivity contribution in [1.29, 1.82) is 0 Å². The van der Waals surface area contributed by atoms with Crippen molar-refractivity contribution in [3.8, 4) is 0 Å². The van der Waals surface area contributed by atoms with Gasteiger partial charge < -0.3 is 15.5 Å². The van der Waals surface area contributed by atoms with Gasteiger partial charge in [0.25, 0.3) is 0 Å². The van der Waals surface area contributed by atoms with Crippen LogP contribution in [0.15, 0.2) is 53.4 Å². The third kappa shape index (κ3) is 5.51. The number of hydrogen-bond acceptors (Lipinski definition) is 4. The van der Waals surface area contributed by atoms with Crippen LogP contribution in [-0.2, 0) is 22.2 Å². The van der Waals surface area contributed by atoms with E-state index in [9.17, 15) is 19.2 Å². The summed E-state index contributed by atoms with van der Waals surface area (Å²) < 4.78 is 15.1. The third-order valence-electron chi connectivity index (χ3n) is 5.26. The molecule has 0 radical (unpaired) electrons. The van der Waals surface area contributed by atoms with Gasteiger partial charge in [-0.1, -0.05) is 48.9 Å². The summed E-state index contributed by atoms with van der Waals surface area (Å²) in [5.41, 5.74) is 3.07. The Bertz CT molecular complexity index is 871. The first-order valence-corrected chi connectivity index (χ1v) is 11.0. The number of hydrogen-bond donors (Lipinski definition) is 4. The van der Waals surface area contributed by atoms with Crippen molar-refractivity contribution in [3.05, 3.63) is 65.2 Å². The molecular formula is C22H28N2O4S. The Morgan fingerprint density at radius 3 is 2.62 bits per heavy atom. The van der Waals surface area contributed by atoms with Gasteiger partial charge in [0, 0.05) is 18.9 Å². The molecule has 2 aromatic rings. The molecule has 1 aliphatic rings. The Morgan fingerprint density at radius 2 is 1.90 bits per heavy atom. The predicted octanol–water partition coefficient (Wildman–Crippen LogP) is 1.77. The Balaban J connectivity index is 1.48. The summed E-state index contributed by atoms with van der Waals surface area (Å²) in [5, 5.41) is 23.4. The number of nitrogens with one attached hydrogen (secondary N) is 2. The van der Waals surface area contributed by atoms with Crippen LogP contribution in [0.25, 0.3) is 0 Å². The number of aryl methyl sites for hydroxylation is 1. The number of amides is 1. The highest BCUT2D eigenvalue weighted by molar-refractivity contribution is 7.83. The molecule has 0 aromatic heterocycles. The van der Waals surface area contributed by atoms with Crippen LogP contribution >= 0.6 is 0 Å². The summed E-state index contributed by atoms with van der Waals surface area (Å²) >= 11 is 0. The van der Waals surface area contributed by atoms with Crippen LogP contribution in [0, 0.1) is 12.8 Å². The van der Waals surface area contributed by atoms with Crippen molar-refractivity contribution in [2.45, 2.75) is 49.8 Å². The molecule has 0 saturated heterocycles. The van der Waals surface area contributed by atoms with Gasteiger partial charge in [0.1, 0.15) is 11.0 Å². The standard InChI is InChI=1S/C22H28N2O4S/c1-14-7-9-18(10-8-14)29(28)23-13-17(25)11-15(2)22(27)24-21-19-6-4-3-5-16(19)12-20(21)26/h3-10,15,17,20-21,23,25-26H,11-13H2,1-2H3,(H,24,27). The third-order valence-corrected chi connectivity index (χ3v) is 6.39. The van der Waals surface area contributed by atoms with Crippen LogP contribution in [-0.4, -0.2) is 39.1 Å². The minimum Gasteiger partial charge on any atom is -0.392 e. The molecule has 0 bridgehead atoms. The second-order valence-electron chi connectivity index (χ2n) is 7.68. The smallest absolute Gasteiger partial charge is 0.223 e. The van der Waals surface area contributed by atoms with E-state index < -0.39 is 35.2 Å². The van der Waals surface area contributed by atoms with E-state index in [4.69, 9.17) is 0 Å². The van der Waals surface area contributed by atoms with Gasteiger partial charge >= 0.3 is 0 Å². The first-order chi connectivity index (χ1) is 13.8. The lowest BCUT2D eigenvalue weighted by atomic mass is 10.0. The maximum atomic E-state index is 12.6.